The average Bonchev–Trinajstić information content (AvgIpc) is 2.86. The fourth-order valence-electron chi connectivity index (χ4n) is 3.44. The maximum atomic E-state index is 13.3. The summed E-state index contributed by atoms with van der Waals surface area (Å²) in [5.41, 5.74) is 12.2. The molecular formula is C25H31N5O7. The van der Waals surface area contributed by atoms with Gasteiger partial charge in [-0.15, -0.1) is 0 Å². The lowest BCUT2D eigenvalue weighted by Gasteiger charge is -2.25. The topological polar surface area (TPSA) is 214 Å². The van der Waals surface area contributed by atoms with Crippen LogP contribution in [-0.2, 0) is 36.8 Å². The Morgan fingerprint density at radius 2 is 1.11 bits per heavy atom. The number of carbonyl (C=O) groups is 5. The first-order valence-electron chi connectivity index (χ1n) is 11.5. The number of benzene rings is 2. The lowest BCUT2D eigenvalue weighted by atomic mass is 10.0. The summed E-state index contributed by atoms with van der Waals surface area (Å²) >= 11 is 0. The number of carboxylic acid groups (broad SMARTS) is 1. The number of rotatable bonds is 14. The van der Waals surface area contributed by atoms with E-state index in [-0.39, 0.29) is 12.8 Å². The summed E-state index contributed by atoms with van der Waals surface area (Å²) in [4.78, 5) is 61.3. The first kappa shape index (κ1) is 28.9. The van der Waals surface area contributed by atoms with Gasteiger partial charge in [0.15, 0.2) is 0 Å². The van der Waals surface area contributed by atoms with Crippen LogP contribution in [0.5, 0.6) is 0 Å². The lowest BCUT2D eigenvalue weighted by molar-refractivity contribution is -0.143. The number of primary amides is 1. The normalized spacial score (nSPS) is 13.9. The van der Waals surface area contributed by atoms with Crippen LogP contribution in [0.25, 0.3) is 0 Å². The third kappa shape index (κ3) is 9.70. The molecule has 198 valence electrons. The van der Waals surface area contributed by atoms with Crippen molar-refractivity contribution in [2.75, 3.05) is 6.61 Å². The highest BCUT2D eigenvalue weighted by molar-refractivity contribution is 5.95. The van der Waals surface area contributed by atoms with E-state index in [1.54, 1.807) is 60.7 Å². The number of hydrogen-bond acceptors (Lipinski definition) is 7. The van der Waals surface area contributed by atoms with E-state index in [0.29, 0.717) is 11.1 Å². The zero-order chi connectivity index (χ0) is 27.4. The van der Waals surface area contributed by atoms with E-state index in [0.717, 1.165) is 0 Å². The number of carboxylic acids is 1. The van der Waals surface area contributed by atoms with Crippen molar-refractivity contribution in [1.29, 1.82) is 0 Å². The smallest absolute Gasteiger partial charge is 0.328 e. The number of nitrogens with one attached hydrogen (secondary N) is 3. The Labute approximate surface area is 213 Å². The molecule has 4 amide bonds. The molecule has 9 N–H and O–H groups in total. The second kappa shape index (κ2) is 14.3. The SMILES string of the molecule is NC(=O)CC(N)C(=O)NC(Cc1ccccc1)C(=O)NC(Cc1ccccc1)C(=O)NC(CO)C(=O)O. The van der Waals surface area contributed by atoms with Gasteiger partial charge in [-0.05, 0) is 11.1 Å². The highest BCUT2D eigenvalue weighted by Gasteiger charge is 2.30. The van der Waals surface area contributed by atoms with E-state index < -0.39 is 66.8 Å². The summed E-state index contributed by atoms with van der Waals surface area (Å²) < 4.78 is 0. The van der Waals surface area contributed by atoms with Gasteiger partial charge in [0.1, 0.15) is 18.1 Å². The Hall–Kier alpha value is -4.29. The highest BCUT2D eigenvalue weighted by Crippen LogP contribution is 2.08. The summed E-state index contributed by atoms with van der Waals surface area (Å²) in [7, 11) is 0. The molecule has 0 heterocycles. The van der Waals surface area contributed by atoms with Gasteiger partial charge in [-0.25, -0.2) is 4.79 Å². The van der Waals surface area contributed by atoms with Crippen molar-refractivity contribution in [1.82, 2.24) is 16.0 Å². The second-order valence-electron chi connectivity index (χ2n) is 8.36. The fraction of sp³-hybridized carbons (Fsp3) is 0.320. The van der Waals surface area contributed by atoms with Crippen molar-refractivity contribution < 1.29 is 34.2 Å². The Balaban J connectivity index is 2.28. The highest BCUT2D eigenvalue weighted by atomic mass is 16.4. The molecule has 12 heteroatoms. The van der Waals surface area contributed by atoms with Gasteiger partial charge in [0, 0.05) is 12.8 Å². The van der Waals surface area contributed by atoms with Crippen molar-refractivity contribution in [3.8, 4) is 0 Å². The molecule has 0 fully saturated rings. The third-order valence-corrected chi connectivity index (χ3v) is 5.39. The van der Waals surface area contributed by atoms with E-state index in [9.17, 15) is 34.2 Å². The standard InChI is InChI=1S/C25H31N5O7/c26-17(13-21(27)32)22(33)28-18(11-15-7-3-1-4-8-15)23(34)29-19(12-16-9-5-2-6-10-16)24(35)30-20(14-31)25(36)37/h1-10,17-20,31H,11-14,26H2,(H2,27,32)(H,28,33)(H,29,34)(H,30,35)(H,36,37). The van der Waals surface area contributed by atoms with Crippen LogP contribution in [0, 0.1) is 0 Å². The van der Waals surface area contributed by atoms with Gasteiger partial charge in [-0.1, -0.05) is 60.7 Å². The summed E-state index contributed by atoms with van der Waals surface area (Å²) in [6, 6.07) is 12.1. The number of nitrogens with two attached hydrogens (primary N) is 2. The van der Waals surface area contributed by atoms with Gasteiger partial charge < -0.3 is 37.6 Å². The van der Waals surface area contributed by atoms with Gasteiger partial charge >= 0.3 is 5.97 Å². The lowest BCUT2D eigenvalue weighted by Crippen LogP contribution is -2.58. The first-order valence-corrected chi connectivity index (χ1v) is 11.5. The quantitative estimate of drug-likeness (QED) is 0.153. The summed E-state index contributed by atoms with van der Waals surface area (Å²) in [5, 5.41) is 25.7. The molecule has 2 rings (SSSR count). The van der Waals surface area contributed by atoms with Crippen LogP contribution in [0.4, 0.5) is 0 Å². The van der Waals surface area contributed by atoms with E-state index in [1.807, 2.05) is 0 Å². The minimum Gasteiger partial charge on any atom is -0.480 e. The predicted molar refractivity (Wildman–Crippen MR) is 133 cm³/mol. The molecule has 0 aliphatic rings. The summed E-state index contributed by atoms with van der Waals surface area (Å²) in [6.07, 6.45) is -0.387. The fourth-order valence-corrected chi connectivity index (χ4v) is 3.44. The van der Waals surface area contributed by atoms with Crippen LogP contribution < -0.4 is 27.4 Å². The van der Waals surface area contributed by atoms with E-state index >= 15 is 0 Å². The molecule has 0 radical (unpaired) electrons. The molecule has 0 spiro atoms. The molecule has 37 heavy (non-hydrogen) atoms. The number of aliphatic hydroxyl groups is 1. The van der Waals surface area contributed by atoms with E-state index in [4.69, 9.17) is 11.5 Å². The molecule has 0 aromatic heterocycles. The molecule has 4 unspecified atom stereocenters. The van der Waals surface area contributed by atoms with E-state index in [2.05, 4.69) is 16.0 Å². The van der Waals surface area contributed by atoms with Gasteiger partial charge in [0.25, 0.3) is 0 Å². The maximum absolute atomic E-state index is 13.3. The van der Waals surface area contributed by atoms with Crippen molar-refractivity contribution >= 4 is 29.6 Å². The minimum absolute atomic E-state index is 0.00335. The van der Waals surface area contributed by atoms with Crippen LogP contribution in [0.3, 0.4) is 0 Å². The zero-order valence-corrected chi connectivity index (χ0v) is 20.0. The van der Waals surface area contributed by atoms with E-state index in [1.165, 1.54) is 0 Å². The Kier molecular flexibility index (Phi) is 11.2. The Morgan fingerprint density at radius 1 is 0.703 bits per heavy atom. The Bertz CT molecular complexity index is 1080. The van der Waals surface area contributed by atoms with Crippen molar-refractivity contribution in [2.45, 2.75) is 43.4 Å². The minimum atomic E-state index is -1.57. The number of amides is 4. The molecule has 12 nitrogen and oxygen atoms in total. The number of aliphatic carboxylic acids is 1. The molecule has 0 saturated heterocycles. The van der Waals surface area contributed by atoms with Crippen LogP contribution in [0.15, 0.2) is 60.7 Å². The first-order chi connectivity index (χ1) is 17.6. The predicted octanol–water partition coefficient (Wildman–Crippen LogP) is -1.79. The number of aliphatic hydroxyl groups excluding tert-OH is 1. The monoisotopic (exact) mass is 513 g/mol. The molecule has 0 bridgehead atoms. The third-order valence-electron chi connectivity index (χ3n) is 5.39. The average molecular weight is 514 g/mol. The van der Waals surface area contributed by atoms with Crippen LogP contribution in [0.1, 0.15) is 17.5 Å². The second-order valence-corrected chi connectivity index (χ2v) is 8.36. The summed E-state index contributed by atoms with van der Waals surface area (Å²) in [5.74, 6) is -4.60. The molecule has 0 saturated carbocycles. The van der Waals surface area contributed by atoms with Gasteiger partial charge in [0.05, 0.1) is 19.1 Å². The molecule has 4 atom stereocenters. The van der Waals surface area contributed by atoms with Crippen molar-refractivity contribution in [2.24, 2.45) is 11.5 Å². The summed E-state index contributed by atoms with van der Waals surface area (Å²) in [6.45, 7) is -0.850. The van der Waals surface area contributed by atoms with Crippen molar-refractivity contribution in [3.63, 3.8) is 0 Å². The van der Waals surface area contributed by atoms with Gasteiger partial charge in [0.2, 0.25) is 23.6 Å². The molecule has 0 aliphatic heterocycles. The number of hydrogen-bond donors (Lipinski definition) is 7. The van der Waals surface area contributed by atoms with Crippen molar-refractivity contribution in [3.05, 3.63) is 71.8 Å². The van der Waals surface area contributed by atoms with Gasteiger partial charge in [-0.3, -0.25) is 19.2 Å². The molecule has 0 aliphatic carbocycles. The van der Waals surface area contributed by atoms with Crippen LogP contribution >= 0.6 is 0 Å². The largest absolute Gasteiger partial charge is 0.480 e. The van der Waals surface area contributed by atoms with Crippen LogP contribution in [0.2, 0.25) is 0 Å². The van der Waals surface area contributed by atoms with Gasteiger partial charge in [-0.2, -0.15) is 0 Å². The number of carbonyl (C=O) groups excluding carboxylic acids is 4. The molecular weight excluding hydrogens is 482 g/mol. The molecule has 2 aromatic carbocycles. The maximum Gasteiger partial charge on any atom is 0.328 e. The Morgan fingerprint density at radius 3 is 1.49 bits per heavy atom. The zero-order valence-electron chi connectivity index (χ0n) is 20.0. The van der Waals surface area contributed by atoms with Crippen LogP contribution in [-0.4, -0.2) is 70.6 Å². The molecule has 2 aromatic rings.